The van der Waals surface area contributed by atoms with E-state index in [1.807, 2.05) is 42.5 Å². The van der Waals surface area contributed by atoms with Crippen molar-refractivity contribution in [2.75, 3.05) is 4.90 Å². The summed E-state index contributed by atoms with van der Waals surface area (Å²) in [6.45, 7) is 12.7. The van der Waals surface area contributed by atoms with Gasteiger partial charge in [-0.2, -0.15) is 0 Å². The van der Waals surface area contributed by atoms with Crippen LogP contribution in [-0.4, -0.2) is 20.8 Å². The first-order valence-electron chi connectivity index (χ1n) is 39.6. The standard InChI is InChI=1S/C92H69BN4/c1-91(2,3)62-51-73(59-32-15-9-16-33-59)88(74(52-62)60-34-17-10-18-35-60)97-83-55-64(95-80-44-25-23-40-69(80)70-41-24-26-45-81(70)95)47-48-77(83)93-78-54-63(92(4,5)6)53-76-75-50-61(57-28-11-7-12-29-57)46-49-82(75)96(89(76)78)84-56-79-85(90(97)86(84)93)72-43-27-42-71(87(72)94-79)68-39-22-21-38-67(68)66-37-20-19-36-65(66)58-30-13-8-14-31-58/h7-56,94H,1-6H3/i7D,11D,12D,23D,24D,25D,26D,28D,29D,40D,41D,44D,45D. The highest BCUT2D eigenvalue weighted by atomic mass is 15.2. The Morgan fingerprint density at radius 3 is 1.53 bits per heavy atom. The number of benzene rings is 14. The molecule has 1 N–H and O–H groups in total. The van der Waals surface area contributed by atoms with Crippen LogP contribution in [0.25, 0.3) is 144 Å². The summed E-state index contributed by atoms with van der Waals surface area (Å²) >= 11 is 0. The van der Waals surface area contributed by atoms with Crippen LogP contribution in [0.4, 0.5) is 17.1 Å². The first kappa shape index (κ1) is 44.9. The van der Waals surface area contributed by atoms with Crippen LogP contribution < -0.4 is 21.3 Å². The molecule has 0 fully saturated rings. The third-order valence-corrected chi connectivity index (χ3v) is 20.3. The van der Waals surface area contributed by atoms with Crippen LogP contribution in [-0.2, 0) is 10.8 Å². The Balaban J connectivity index is 1.03. The molecule has 0 amide bonds. The number of nitrogens with zero attached hydrogens (tertiary/aromatic N) is 3. The van der Waals surface area contributed by atoms with Crippen molar-refractivity contribution >= 4 is 106 Å². The second kappa shape index (κ2) is 21.4. The molecular formula is C92H69BN4. The van der Waals surface area contributed by atoms with Crippen molar-refractivity contribution in [3.8, 4) is 78.1 Å². The van der Waals surface area contributed by atoms with Crippen molar-refractivity contribution in [2.45, 2.75) is 52.4 Å². The fourth-order valence-corrected chi connectivity index (χ4v) is 15.8. The quantitative estimate of drug-likeness (QED) is 0.151. The summed E-state index contributed by atoms with van der Waals surface area (Å²) in [5.74, 6) is 0. The molecule has 0 atom stereocenters. The van der Waals surface area contributed by atoms with Crippen LogP contribution in [0.15, 0.2) is 303 Å². The lowest BCUT2D eigenvalue weighted by atomic mass is 9.33. The van der Waals surface area contributed by atoms with Gasteiger partial charge in [-0.15, -0.1) is 0 Å². The average molecular weight is 1250 g/mol. The number of aromatic nitrogens is 3. The highest BCUT2D eigenvalue weighted by Crippen LogP contribution is 2.55. The van der Waals surface area contributed by atoms with E-state index in [4.69, 9.17) is 6.85 Å². The Hall–Kier alpha value is -11.7. The second-order valence-corrected chi connectivity index (χ2v) is 27.9. The maximum absolute atomic E-state index is 9.88. The Morgan fingerprint density at radius 1 is 0.351 bits per heavy atom. The van der Waals surface area contributed by atoms with E-state index < -0.39 is 78.6 Å². The Morgan fingerprint density at radius 2 is 0.897 bits per heavy atom. The van der Waals surface area contributed by atoms with Crippen molar-refractivity contribution in [1.82, 2.24) is 14.1 Å². The summed E-state index contributed by atoms with van der Waals surface area (Å²) < 4.78 is 125. The van der Waals surface area contributed by atoms with Crippen LogP contribution in [0.2, 0.25) is 0 Å². The molecule has 0 saturated carbocycles. The van der Waals surface area contributed by atoms with E-state index in [1.54, 1.807) is 4.57 Å². The fraction of sp³-hybridized carbons (Fsp3) is 0.0870. The third-order valence-electron chi connectivity index (χ3n) is 20.3. The lowest BCUT2D eigenvalue weighted by Gasteiger charge is -2.43. The van der Waals surface area contributed by atoms with Gasteiger partial charge in [-0.3, -0.25) is 0 Å². The summed E-state index contributed by atoms with van der Waals surface area (Å²) in [6.07, 6.45) is 0. The van der Waals surface area contributed by atoms with Crippen molar-refractivity contribution < 1.29 is 17.8 Å². The van der Waals surface area contributed by atoms with Crippen molar-refractivity contribution in [1.29, 1.82) is 0 Å². The van der Waals surface area contributed by atoms with Gasteiger partial charge in [-0.25, -0.2) is 0 Å². The van der Waals surface area contributed by atoms with Gasteiger partial charge in [0.1, 0.15) is 0 Å². The molecule has 0 spiro atoms. The largest absolute Gasteiger partial charge is 0.354 e. The minimum absolute atomic E-state index is 0.00421. The minimum atomic E-state index is -0.600. The normalized spacial score (nSPS) is 14.7. The summed E-state index contributed by atoms with van der Waals surface area (Å²) in [5.41, 5.74) is 21.5. The molecule has 0 radical (unpaired) electrons. The molecule has 17 aromatic rings. The van der Waals surface area contributed by atoms with Gasteiger partial charge in [-0.05, 0) is 149 Å². The molecule has 3 aromatic heterocycles. The number of hydrogen-bond donors (Lipinski definition) is 1. The number of hydrogen-bond acceptors (Lipinski definition) is 1. The van der Waals surface area contributed by atoms with Crippen molar-refractivity contribution in [3.63, 3.8) is 0 Å². The van der Waals surface area contributed by atoms with Crippen LogP contribution in [0.5, 0.6) is 0 Å². The number of para-hydroxylation sites is 3. The number of anilines is 3. The summed E-state index contributed by atoms with van der Waals surface area (Å²) in [7, 11) is 0. The summed E-state index contributed by atoms with van der Waals surface area (Å²) in [6, 6.07) is 72.7. The molecule has 0 bridgehead atoms. The SMILES string of the molecule is [2H]c1c([2H])c([2H])c(-c2ccc3c(c2)c2cc(C(C)(C)C)cc4c2n3-c2cc3[nH]c5c(-c6ccccc6-c6ccccc6-c6ccccc6)cccc5c3c3c2B4c2ccc(-n4c5c([2H])c([2H])c([2H])c([2H])c5c5c([2H])c([2H])c([2H])c([2H])c54)cc2N3c2c(-c3ccccc3)cc(C(C)(C)C)cc2-c2ccccc2)c([2H])c1[2H]. The van der Waals surface area contributed by atoms with Gasteiger partial charge in [0.2, 0.25) is 0 Å². The van der Waals surface area contributed by atoms with E-state index in [9.17, 15) is 11.0 Å². The lowest BCUT2D eigenvalue weighted by Crippen LogP contribution is -2.60. The maximum Gasteiger partial charge on any atom is 0.252 e. The monoisotopic (exact) mass is 1250 g/mol. The molecular weight excluding hydrogens is 1170 g/mol. The van der Waals surface area contributed by atoms with E-state index in [0.29, 0.717) is 16.9 Å². The molecule has 0 unspecified atom stereocenters. The van der Waals surface area contributed by atoms with Crippen molar-refractivity contribution in [2.24, 2.45) is 0 Å². The number of rotatable bonds is 8. The lowest BCUT2D eigenvalue weighted by molar-refractivity contribution is 0.590. The van der Waals surface area contributed by atoms with Crippen LogP contribution in [0.1, 0.15) is 70.5 Å². The molecule has 460 valence electrons. The smallest absolute Gasteiger partial charge is 0.252 e. The highest BCUT2D eigenvalue weighted by molar-refractivity contribution is 7.00. The topological polar surface area (TPSA) is 28.9 Å². The predicted octanol–water partition coefficient (Wildman–Crippen LogP) is 22.7. The van der Waals surface area contributed by atoms with Gasteiger partial charge in [0.15, 0.2) is 0 Å². The first-order valence-corrected chi connectivity index (χ1v) is 33.1. The fourth-order valence-electron chi connectivity index (χ4n) is 15.8. The first-order chi connectivity index (χ1) is 52.8. The second-order valence-electron chi connectivity index (χ2n) is 27.9. The van der Waals surface area contributed by atoms with Gasteiger partial charge < -0.3 is 19.0 Å². The van der Waals surface area contributed by atoms with Gasteiger partial charge in [-0.1, -0.05) is 284 Å². The van der Waals surface area contributed by atoms with E-state index in [2.05, 4.69) is 238 Å². The summed E-state index contributed by atoms with van der Waals surface area (Å²) in [5, 5.41) is 3.45. The Kier molecular flexibility index (Phi) is 9.91. The Bertz CT molecular complexity index is 6740. The molecule has 97 heavy (non-hydrogen) atoms. The number of nitrogens with one attached hydrogen (secondary N) is 1. The molecule has 5 heterocycles. The molecule has 4 nitrogen and oxygen atoms in total. The van der Waals surface area contributed by atoms with E-state index >= 15 is 0 Å². The highest BCUT2D eigenvalue weighted by Gasteiger charge is 2.46. The van der Waals surface area contributed by atoms with Gasteiger partial charge in [0.05, 0.1) is 56.8 Å². The van der Waals surface area contributed by atoms with E-state index in [1.165, 1.54) is 0 Å². The minimum Gasteiger partial charge on any atom is -0.354 e. The third kappa shape index (κ3) is 8.70. The van der Waals surface area contributed by atoms with Crippen molar-refractivity contribution in [3.05, 3.63) is 314 Å². The van der Waals surface area contributed by atoms with Gasteiger partial charge in [0, 0.05) is 71.6 Å². The van der Waals surface area contributed by atoms with Crippen LogP contribution in [0, 0.1) is 0 Å². The molecule has 0 aliphatic carbocycles. The van der Waals surface area contributed by atoms with Crippen LogP contribution >= 0.6 is 0 Å². The maximum atomic E-state index is 9.88. The molecule has 2 aliphatic rings. The number of H-pyrrole nitrogens is 1. The van der Waals surface area contributed by atoms with E-state index in [0.717, 1.165) is 144 Å². The summed E-state index contributed by atoms with van der Waals surface area (Å²) in [4.78, 5) is 6.60. The van der Waals surface area contributed by atoms with E-state index in [-0.39, 0.29) is 44.9 Å². The average Bonchev–Trinajstić information content (AvgIpc) is 1.40. The zero-order valence-electron chi connectivity index (χ0n) is 67.3. The number of aromatic amines is 1. The molecule has 2 aliphatic heterocycles. The molecule has 19 rings (SSSR count). The van der Waals surface area contributed by atoms with Gasteiger partial charge >= 0.3 is 0 Å². The molecule has 0 saturated heterocycles. The molecule has 14 aromatic carbocycles. The molecule has 5 heteroatoms. The van der Waals surface area contributed by atoms with Crippen LogP contribution in [0.3, 0.4) is 0 Å². The number of fused-ring (bicyclic) bond motifs is 14. The van der Waals surface area contributed by atoms with Gasteiger partial charge in [0.25, 0.3) is 6.71 Å². The zero-order valence-corrected chi connectivity index (χ0v) is 54.3. The predicted molar refractivity (Wildman–Crippen MR) is 414 cm³/mol. The Labute approximate surface area is 584 Å². The zero-order chi connectivity index (χ0) is 76.3.